The number of nitrogens with one attached hydrogen (secondary N) is 1. The number of nitro benzene ring substituents is 1. The van der Waals surface area contributed by atoms with Gasteiger partial charge in [-0.25, -0.2) is 0 Å². The quantitative estimate of drug-likeness (QED) is 0.487. The second kappa shape index (κ2) is 6.11. The van der Waals surface area contributed by atoms with E-state index >= 15 is 0 Å². The van der Waals surface area contributed by atoms with Crippen LogP contribution in [-0.2, 0) is 0 Å². The fourth-order valence-corrected chi connectivity index (χ4v) is 2.23. The minimum absolute atomic E-state index is 0.0451. The van der Waals surface area contributed by atoms with Crippen LogP contribution in [0.2, 0.25) is 5.02 Å². The molecule has 0 bridgehead atoms. The first kappa shape index (κ1) is 15.3. The molecule has 3 N–H and O–H groups in total. The van der Waals surface area contributed by atoms with E-state index in [4.69, 9.17) is 17.3 Å². The maximum Gasteiger partial charge on any atom is 0.288 e. The van der Waals surface area contributed by atoms with Crippen LogP contribution >= 0.6 is 27.5 Å². The third-order valence-corrected chi connectivity index (χ3v) is 3.65. The molecule has 0 fully saturated rings. The van der Waals surface area contributed by atoms with Crippen molar-refractivity contribution in [2.24, 2.45) is 0 Å². The predicted molar refractivity (Wildman–Crippen MR) is 84.6 cm³/mol. The highest BCUT2D eigenvalue weighted by molar-refractivity contribution is 9.10. The van der Waals surface area contributed by atoms with E-state index in [-0.39, 0.29) is 16.6 Å². The smallest absolute Gasteiger partial charge is 0.288 e. The minimum Gasteiger partial charge on any atom is -0.398 e. The summed E-state index contributed by atoms with van der Waals surface area (Å²) in [6.45, 7) is 0. The molecule has 0 heterocycles. The number of carbonyl (C=O) groups is 1. The van der Waals surface area contributed by atoms with Gasteiger partial charge in [0.15, 0.2) is 0 Å². The maximum absolute atomic E-state index is 12.1. The maximum atomic E-state index is 12.1. The molecule has 2 aromatic carbocycles. The first-order valence-corrected chi connectivity index (χ1v) is 6.86. The van der Waals surface area contributed by atoms with Crippen molar-refractivity contribution in [1.29, 1.82) is 0 Å². The first-order valence-electron chi connectivity index (χ1n) is 5.69. The third-order valence-electron chi connectivity index (χ3n) is 2.66. The number of rotatable bonds is 3. The number of anilines is 2. The van der Waals surface area contributed by atoms with Gasteiger partial charge < -0.3 is 11.1 Å². The number of amides is 1. The van der Waals surface area contributed by atoms with Gasteiger partial charge in [-0.15, -0.1) is 0 Å². The third kappa shape index (κ3) is 3.50. The second-order valence-electron chi connectivity index (χ2n) is 4.11. The van der Waals surface area contributed by atoms with Crippen molar-refractivity contribution in [3.63, 3.8) is 0 Å². The van der Waals surface area contributed by atoms with Gasteiger partial charge in [-0.1, -0.05) is 11.6 Å². The van der Waals surface area contributed by atoms with Crippen molar-refractivity contribution >= 4 is 50.5 Å². The summed E-state index contributed by atoms with van der Waals surface area (Å²) in [5.74, 6) is -0.374. The lowest BCUT2D eigenvalue weighted by Gasteiger charge is -2.07. The van der Waals surface area contributed by atoms with Crippen molar-refractivity contribution in [3.8, 4) is 0 Å². The highest BCUT2D eigenvalue weighted by Gasteiger charge is 2.14. The molecule has 2 rings (SSSR count). The van der Waals surface area contributed by atoms with E-state index in [1.807, 2.05) is 0 Å². The number of carbonyl (C=O) groups excluding carboxylic acids is 1. The Hall–Kier alpha value is -2.12. The largest absolute Gasteiger partial charge is 0.398 e. The van der Waals surface area contributed by atoms with E-state index in [0.717, 1.165) is 0 Å². The number of nitro groups is 1. The molecule has 108 valence electrons. The molecule has 6 nitrogen and oxygen atoms in total. The van der Waals surface area contributed by atoms with Gasteiger partial charge in [0.25, 0.3) is 11.6 Å². The van der Waals surface area contributed by atoms with Gasteiger partial charge >= 0.3 is 0 Å². The van der Waals surface area contributed by atoms with Crippen LogP contribution in [0.3, 0.4) is 0 Å². The SMILES string of the molecule is Nc1ccc(C(=O)Nc2ccc([N+](=O)[O-])c(Cl)c2)cc1Br. The molecule has 0 spiro atoms. The minimum atomic E-state index is -0.592. The van der Waals surface area contributed by atoms with Crippen LogP contribution in [0.4, 0.5) is 17.1 Å². The number of nitrogens with zero attached hydrogens (tertiary/aromatic N) is 1. The lowest BCUT2D eigenvalue weighted by molar-refractivity contribution is -0.384. The Bertz CT molecular complexity index is 737. The molecule has 0 aliphatic rings. The summed E-state index contributed by atoms with van der Waals surface area (Å²) < 4.78 is 0.608. The van der Waals surface area contributed by atoms with Crippen LogP contribution in [0.5, 0.6) is 0 Å². The topological polar surface area (TPSA) is 98.3 Å². The fourth-order valence-electron chi connectivity index (χ4n) is 1.60. The van der Waals surface area contributed by atoms with E-state index < -0.39 is 4.92 Å². The monoisotopic (exact) mass is 369 g/mol. The first-order chi connectivity index (χ1) is 9.88. The molecule has 0 atom stereocenters. The Kier molecular flexibility index (Phi) is 4.44. The van der Waals surface area contributed by atoms with E-state index in [0.29, 0.717) is 21.4 Å². The lowest BCUT2D eigenvalue weighted by atomic mass is 10.2. The van der Waals surface area contributed by atoms with E-state index in [1.54, 1.807) is 18.2 Å². The van der Waals surface area contributed by atoms with Gasteiger partial charge in [0.05, 0.1) is 4.92 Å². The molecule has 21 heavy (non-hydrogen) atoms. The van der Waals surface area contributed by atoms with Crippen molar-refractivity contribution in [3.05, 3.63) is 61.6 Å². The van der Waals surface area contributed by atoms with E-state index in [1.165, 1.54) is 18.2 Å². The predicted octanol–water partition coefficient (Wildman–Crippen LogP) is 3.85. The molecule has 0 aromatic heterocycles. The van der Waals surface area contributed by atoms with Crippen LogP contribution in [0.25, 0.3) is 0 Å². The molecular weight excluding hydrogens is 362 g/mol. The summed E-state index contributed by atoms with van der Waals surface area (Å²) in [5.41, 5.74) is 6.71. The van der Waals surface area contributed by atoms with Crippen LogP contribution in [0.15, 0.2) is 40.9 Å². The van der Waals surface area contributed by atoms with Crippen LogP contribution in [-0.4, -0.2) is 10.8 Å². The Labute approximate surface area is 133 Å². The Morgan fingerprint density at radius 2 is 2.00 bits per heavy atom. The second-order valence-corrected chi connectivity index (χ2v) is 5.38. The van der Waals surface area contributed by atoms with Crippen LogP contribution in [0.1, 0.15) is 10.4 Å². The Balaban J connectivity index is 2.21. The zero-order valence-electron chi connectivity index (χ0n) is 10.5. The summed E-state index contributed by atoms with van der Waals surface area (Å²) in [7, 11) is 0. The van der Waals surface area contributed by atoms with Gasteiger partial charge in [0, 0.05) is 27.5 Å². The van der Waals surface area contributed by atoms with Crippen LogP contribution in [0, 0.1) is 10.1 Å². The zero-order chi connectivity index (χ0) is 15.6. The molecule has 8 heteroatoms. The number of nitrogens with two attached hydrogens (primary N) is 1. The van der Waals surface area contributed by atoms with Crippen LogP contribution < -0.4 is 11.1 Å². The number of benzene rings is 2. The normalized spacial score (nSPS) is 10.2. The van der Waals surface area contributed by atoms with Crippen molar-refractivity contribution in [2.75, 3.05) is 11.1 Å². The number of halogens is 2. The molecule has 0 unspecified atom stereocenters. The number of nitrogen functional groups attached to an aromatic ring is 1. The molecule has 2 aromatic rings. The summed E-state index contributed by atoms with van der Waals surface area (Å²) in [6.07, 6.45) is 0. The number of hydrogen-bond donors (Lipinski definition) is 2. The van der Waals surface area contributed by atoms with Gasteiger partial charge in [0.1, 0.15) is 5.02 Å². The van der Waals surface area contributed by atoms with E-state index in [9.17, 15) is 14.9 Å². The summed E-state index contributed by atoms with van der Waals surface area (Å²) in [4.78, 5) is 22.1. The van der Waals surface area contributed by atoms with Gasteiger partial charge in [0.2, 0.25) is 0 Å². The average molecular weight is 371 g/mol. The zero-order valence-corrected chi connectivity index (χ0v) is 12.8. The molecule has 0 saturated heterocycles. The molecule has 0 radical (unpaired) electrons. The molecule has 0 saturated carbocycles. The van der Waals surface area contributed by atoms with Gasteiger partial charge in [-0.2, -0.15) is 0 Å². The Morgan fingerprint density at radius 3 is 2.57 bits per heavy atom. The fraction of sp³-hybridized carbons (Fsp3) is 0. The lowest BCUT2D eigenvalue weighted by Crippen LogP contribution is -2.12. The standard InChI is InChI=1S/C13H9BrClN3O3/c14-9-5-7(1-3-11(9)16)13(19)17-8-2-4-12(18(20)21)10(15)6-8/h1-6H,16H2,(H,17,19). The highest BCUT2D eigenvalue weighted by Crippen LogP contribution is 2.27. The van der Waals surface area contributed by atoms with E-state index in [2.05, 4.69) is 21.2 Å². The highest BCUT2D eigenvalue weighted by atomic mass is 79.9. The van der Waals surface area contributed by atoms with Crippen molar-refractivity contribution in [1.82, 2.24) is 0 Å². The summed E-state index contributed by atoms with van der Waals surface area (Å²) in [5, 5.41) is 13.2. The molecule has 1 amide bonds. The van der Waals surface area contributed by atoms with Gasteiger partial charge in [-0.3, -0.25) is 14.9 Å². The van der Waals surface area contributed by atoms with Gasteiger partial charge in [-0.05, 0) is 46.3 Å². The molecule has 0 aliphatic carbocycles. The Morgan fingerprint density at radius 1 is 1.29 bits per heavy atom. The van der Waals surface area contributed by atoms with Crippen molar-refractivity contribution < 1.29 is 9.72 Å². The average Bonchev–Trinajstić information content (AvgIpc) is 2.41. The summed E-state index contributed by atoms with van der Waals surface area (Å²) in [6, 6.07) is 8.72. The molecular formula is C13H9BrClN3O3. The summed E-state index contributed by atoms with van der Waals surface area (Å²) >= 11 is 9.02. The number of hydrogen-bond acceptors (Lipinski definition) is 4. The van der Waals surface area contributed by atoms with Crippen molar-refractivity contribution in [2.45, 2.75) is 0 Å². The molecule has 0 aliphatic heterocycles.